The number of nitro groups is 1. The highest BCUT2D eigenvalue weighted by molar-refractivity contribution is 9.10. The maximum absolute atomic E-state index is 11.3. The van der Waals surface area contributed by atoms with Gasteiger partial charge in [0.2, 0.25) is 5.82 Å². The fraction of sp³-hybridized carbons (Fsp3) is 0.500. The summed E-state index contributed by atoms with van der Waals surface area (Å²) in [5.74, 6) is -0.660. The average Bonchev–Trinajstić information content (AvgIpc) is 2.38. The molecule has 0 aliphatic carbocycles. The molecule has 1 aliphatic rings. The van der Waals surface area contributed by atoms with E-state index in [1.165, 1.54) is 12.3 Å². The zero-order chi connectivity index (χ0) is 14.9. The number of anilines is 1. The third-order valence-corrected chi connectivity index (χ3v) is 3.96. The summed E-state index contributed by atoms with van der Waals surface area (Å²) in [5.41, 5.74) is -1.02. The molecule has 0 radical (unpaired) electrons. The van der Waals surface area contributed by atoms with Crippen LogP contribution in [0.15, 0.2) is 16.7 Å². The van der Waals surface area contributed by atoms with E-state index in [9.17, 15) is 20.0 Å². The molecule has 0 amide bonds. The number of carbonyl (C=O) groups is 1. The Kier molecular flexibility index (Phi) is 3.94. The van der Waals surface area contributed by atoms with Crippen LogP contribution in [0.3, 0.4) is 0 Å². The molecule has 0 saturated carbocycles. The van der Waals surface area contributed by atoms with Crippen LogP contribution in [0.5, 0.6) is 0 Å². The molecule has 20 heavy (non-hydrogen) atoms. The molecule has 2 rings (SSSR count). The minimum atomic E-state index is -0.902. The van der Waals surface area contributed by atoms with Crippen LogP contribution in [0.4, 0.5) is 11.5 Å². The molecule has 1 N–H and O–H groups in total. The Labute approximate surface area is 123 Å². The van der Waals surface area contributed by atoms with E-state index in [-0.39, 0.29) is 18.1 Å². The summed E-state index contributed by atoms with van der Waals surface area (Å²) in [6.07, 6.45) is 2.70. The van der Waals surface area contributed by atoms with E-state index in [2.05, 4.69) is 20.9 Å². The van der Waals surface area contributed by atoms with E-state index in [4.69, 9.17) is 0 Å². The highest BCUT2D eigenvalue weighted by atomic mass is 79.9. The second-order valence-electron chi connectivity index (χ2n) is 5.14. The lowest BCUT2D eigenvalue weighted by atomic mass is 9.82. The molecule has 0 aromatic carbocycles. The third kappa shape index (κ3) is 2.74. The Morgan fingerprint density at radius 1 is 1.65 bits per heavy atom. The molecular formula is C12H14BrN3O4. The molecule has 2 heterocycles. The van der Waals surface area contributed by atoms with E-state index >= 15 is 0 Å². The Hall–Kier alpha value is -1.70. The topological polar surface area (TPSA) is 96.6 Å². The number of piperidine rings is 1. The molecule has 1 atom stereocenters. The molecule has 108 valence electrons. The van der Waals surface area contributed by atoms with Crippen molar-refractivity contribution in [2.24, 2.45) is 5.41 Å². The number of pyridine rings is 1. The first kappa shape index (κ1) is 14.7. The van der Waals surface area contributed by atoms with Crippen LogP contribution in [-0.2, 0) is 4.79 Å². The minimum absolute atomic E-state index is 0.117. The van der Waals surface area contributed by atoms with Gasteiger partial charge in [-0.1, -0.05) is 0 Å². The van der Waals surface area contributed by atoms with Crippen molar-refractivity contribution in [3.05, 3.63) is 26.9 Å². The first-order valence-electron chi connectivity index (χ1n) is 6.12. The van der Waals surface area contributed by atoms with Gasteiger partial charge in [-0.25, -0.2) is 4.98 Å². The summed E-state index contributed by atoms with van der Waals surface area (Å²) < 4.78 is 0.519. The SMILES string of the molecule is CC1(C(=O)O)CCCN(c2ncc(Br)cc2[N+](=O)[O-])C1. The number of halogens is 1. The Bertz CT molecular complexity index is 566. The second-order valence-corrected chi connectivity index (χ2v) is 6.06. The molecule has 1 aromatic rings. The number of carboxylic acid groups (broad SMARTS) is 1. The zero-order valence-electron chi connectivity index (χ0n) is 10.9. The number of aliphatic carboxylic acids is 1. The molecule has 1 unspecified atom stereocenters. The second kappa shape index (κ2) is 5.35. The van der Waals surface area contributed by atoms with Crippen molar-refractivity contribution in [2.75, 3.05) is 18.0 Å². The van der Waals surface area contributed by atoms with Crippen LogP contribution in [0, 0.1) is 15.5 Å². The van der Waals surface area contributed by atoms with Crippen LogP contribution in [0.2, 0.25) is 0 Å². The summed E-state index contributed by atoms with van der Waals surface area (Å²) in [6.45, 7) is 2.45. The third-order valence-electron chi connectivity index (χ3n) is 3.52. The zero-order valence-corrected chi connectivity index (χ0v) is 12.5. The van der Waals surface area contributed by atoms with Gasteiger partial charge in [-0.15, -0.1) is 0 Å². The fourth-order valence-corrected chi connectivity index (χ4v) is 2.71. The Balaban J connectivity index is 2.37. The number of nitrogens with zero attached hydrogens (tertiary/aromatic N) is 3. The van der Waals surface area contributed by atoms with Gasteiger partial charge >= 0.3 is 11.7 Å². The van der Waals surface area contributed by atoms with Crippen molar-refractivity contribution in [3.8, 4) is 0 Å². The van der Waals surface area contributed by atoms with Gasteiger partial charge in [0.15, 0.2) is 0 Å². The van der Waals surface area contributed by atoms with Crippen molar-refractivity contribution < 1.29 is 14.8 Å². The molecule has 1 saturated heterocycles. The van der Waals surface area contributed by atoms with E-state index in [1.54, 1.807) is 11.8 Å². The molecule has 7 nitrogen and oxygen atoms in total. The first-order chi connectivity index (χ1) is 9.33. The normalized spacial score (nSPS) is 22.6. The van der Waals surface area contributed by atoms with Crippen LogP contribution < -0.4 is 4.90 Å². The van der Waals surface area contributed by atoms with Gasteiger partial charge in [0.1, 0.15) is 0 Å². The van der Waals surface area contributed by atoms with Gasteiger partial charge in [-0.2, -0.15) is 0 Å². The van der Waals surface area contributed by atoms with Gasteiger partial charge in [0, 0.05) is 29.8 Å². The summed E-state index contributed by atoms with van der Waals surface area (Å²) in [4.78, 5) is 27.7. The summed E-state index contributed by atoms with van der Waals surface area (Å²) in [7, 11) is 0. The van der Waals surface area contributed by atoms with Gasteiger partial charge in [-0.05, 0) is 35.7 Å². The summed E-state index contributed by atoms with van der Waals surface area (Å²) in [6, 6.07) is 1.38. The Morgan fingerprint density at radius 3 is 2.95 bits per heavy atom. The van der Waals surface area contributed by atoms with E-state index < -0.39 is 16.3 Å². The fourth-order valence-electron chi connectivity index (χ4n) is 2.39. The highest BCUT2D eigenvalue weighted by Crippen LogP contribution is 2.36. The number of hydrogen-bond acceptors (Lipinski definition) is 5. The molecular weight excluding hydrogens is 330 g/mol. The lowest BCUT2D eigenvalue weighted by molar-refractivity contribution is -0.384. The van der Waals surface area contributed by atoms with Crippen LogP contribution in [0.1, 0.15) is 19.8 Å². The average molecular weight is 344 g/mol. The summed E-state index contributed by atoms with van der Waals surface area (Å²) >= 11 is 3.15. The first-order valence-corrected chi connectivity index (χ1v) is 6.91. The molecule has 1 aliphatic heterocycles. The van der Waals surface area contributed by atoms with Crippen molar-refractivity contribution in [1.82, 2.24) is 4.98 Å². The maximum atomic E-state index is 11.3. The highest BCUT2D eigenvalue weighted by Gasteiger charge is 2.39. The number of aromatic nitrogens is 1. The van der Waals surface area contributed by atoms with Crippen LogP contribution in [-0.4, -0.2) is 34.1 Å². The lowest BCUT2D eigenvalue weighted by Gasteiger charge is -2.37. The van der Waals surface area contributed by atoms with Crippen molar-refractivity contribution in [1.29, 1.82) is 0 Å². The van der Waals surface area contributed by atoms with E-state index in [0.29, 0.717) is 23.9 Å². The Morgan fingerprint density at radius 2 is 2.35 bits per heavy atom. The predicted molar refractivity (Wildman–Crippen MR) is 75.8 cm³/mol. The minimum Gasteiger partial charge on any atom is -0.481 e. The number of carboxylic acids is 1. The van der Waals surface area contributed by atoms with Crippen LogP contribution >= 0.6 is 15.9 Å². The van der Waals surface area contributed by atoms with Crippen molar-refractivity contribution in [2.45, 2.75) is 19.8 Å². The van der Waals surface area contributed by atoms with Gasteiger partial charge in [0.05, 0.1) is 10.3 Å². The van der Waals surface area contributed by atoms with Gasteiger partial charge in [-0.3, -0.25) is 14.9 Å². The number of hydrogen-bond donors (Lipinski definition) is 1. The monoisotopic (exact) mass is 343 g/mol. The quantitative estimate of drug-likeness (QED) is 0.668. The van der Waals surface area contributed by atoms with Gasteiger partial charge < -0.3 is 10.0 Å². The van der Waals surface area contributed by atoms with Crippen molar-refractivity contribution in [3.63, 3.8) is 0 Å². The molecule has 1 aromatic heterocycles. The predicted octanol–water partition coefficient (Wildman–Crippen LogP) is 2.44. The van der Waals surface area contributed by atoms with Gasteiger partial charge in [0.25, 0.3) is 0 Å². The summed E-state index contributed by atoms with van der Waals surface area (Å²) in [5, 5.41) is 20.4. The standard InChI is InChI=1S/C12H14BrN3O4/c1-12(11(17)18)3-2-4-15(7-12)10-9(16(19)20)5-8(13)6-14-10/h5-6H,2-4,7H2,1H3,(H,17,18). The molecule has 0 spiro atoms. The lowest BCUT2D eigenvalue weighted by Crippen LogP contribution is -2.46. The van der Waals surface area contributed by atoms with E-state index in [1.807, 2.05) is 0 Å². The smallest absolute Gasteiger partial charge is 0.312 e. The van der Waals surface area contributed by atoms with E-state index in [0.717, 1.165) is 0 Å². The largest absolute Gasteiger partial charge is 0.481 e. The molecule has 0 bridgehead atoms. The molecule has 1 fully saturated rings. The number of rotatable bonds is 3. The van der Waals surface area contributed by atoms with Crippen LogP contribution in [0.25, 0.3) is 0 Å². The van der Waals surface area contributed by atoms with Crippen molar-refractivity contribution >= 4 is 33.4 Å². The maximum Gasteiger partial charge on any atom is 0.312 e. The molecule has 8 heteroatoms.